The van der Waals surface area contributed by atoms with Crippen LogP contribution in [-0.4, -0.2) is 98.2 Å². The molecule has 4 aromatic rings. The Bertz CT molecular complexity index is 2000. The normalized spacial score (nSPS) is 36.7. The molecule has 0 aromatic carbocycles. The zero-order chi connectivity index (χ0) is 32.8. The van der Waals surface area contributed by atoms with Gasteiger partial charge < -0.3 is 21.1 Å². The van der Waals surface area contributed by atoms with Crippen LogP contribution in [0.15, 0.2) is 17.4 Å². The predicted molar refractivity (Wildman–Crippen MR) is 152 cm³/mol. The lowest BCUT2D eigenvalue weighted by atomic mass is 10.1. The molecule has 9 atom stereocenters. The van der Waals surface area contributed by atoms with E-state index in [4.69, 9.17) is 34.3 Å². The minimum Gasteiger partial charge on any atom is -0.382 e. The molecule has 6 N–H and O–H groups in total. The van der Waals surface area contributed by atoms with Crippen LogP contribution in [0.1, 0.15) is 11.6 Å². The Balaban J connectivity index is 1.23. The number of imidazole rings is 1. The Hall–Kier alpha value is -2.86. The molecule has 0 spiro atoms. The zero-order valence-corrected chi connectivity index (χ0v) is 25.9. The molecule has 46 heavy (non-hydrogen) atoms. The third kappa shape index (κ3) is 5.37. The molecule has 248 valence electrons. The second-order valence-electron chi connectivity index (χ2n) is 10.1. The summed E-state index contributed by atoms with van der Waals surface area (Å²) in [5, 5.41) is 4.77. The summed E-state index contributed by atoms with van der Waals surface area (Å²) in [6, 6.07) is 0. The number of hydrogen-bond acceptors (Lipinski definition) is 17. The average Bonchev–Trinajstić information content (AvgIpc) is 3.71. The van der Waals surface area contributed by atoms with Crippen molar-refractivity contribution in [3.63, 3.8) is 0 Å². The second kappa shape index (κ2) is 11.1. The van der Waals surface area contributed by atoms with E-state index in [1.807, 2.05) is 0 Å². The van der Waals surface area contributed by atoms with Crippen LogP contribution in [-0.2, 0) is 32.0 Å². The third-order valence-electron chi connectivity index (χ3n) is 7.16. The van der Waals surface area contributed by atoms with Crippen molar-refractivity contribution >= 4 is 72.7 Å². The van der Waals surface area contributed by atoms with Gasteiger partial charge in [-0.3, -0.25) is 32.4 Å². The number of nitrogens with zero attached hydrogens (tertiary/aromatic N) is 8. The van der Waals surface area contributed by atoms with Gasteiger partial charge in [0.1, 0.15) is 30.1 Å². The summed E-state index contributed by atoms with van der Waals surface area (Å²) in [6.45, 7) is -6.55. The number of H-pyrrole nitrogens is 1. The van der Waals surface area contributed by atoms with Gasteiger partial charge in [-0.1, -0.05) is 17.5 Å². The monoisotopic (exact) mass is 729 g/mol. The lowest BCUT2D eigenvalue weighted by Crippen LogP contribution is -2.41. The minimum atomic E-state index is -5.39. The fraction of sp³-hybridized carbons (Fsp3) is 0.526. The minimum absolute atomic E-state index is 0.0866. The molecule has 27 heteroatoms. The summed E-state index contributed by atoms with van der Waals surface area (Å²) in [6.07, 6.45) is -8.55. The van der Waals surface area contributed by atoms with Crippen LogP contribution in [0.2, 0.25) is 0 Å². The average molecular weight is 730 g/mol. The SMILES string of the molecule is Nc1nc2c(ncn2[C@@H]2S[C@@H]3COP(=O)(O)O[C@@H]4[C@@H](COP(=O)(S)O[C@@H]2[C@@H]3F)O[C@@H](n2nnc3c(N)ncnc32)C4(F)F)c(=O)[nH]1. The molecule has 0 amide bonds. The maximum absolute atomic E-state index is 15.9. The molecule has 0 aliphatic carbocycles. The highest BCUT2D eigenvalue weighted by molar-refractivity contribution is 8.44. The molecule has 7 heterocycles. The number of nitrogen functional groups attached to an aromatic ring is 2. The summed E-state index contributed by atoms with van der Waals surface area (Å²) < 4.78 is 102. The maximum atomic E-state index is 15.9. The number of hydrogen-bond donors (Lipinski definition) is 5. The highest BCUT2D eigenvalue weighted by Gasteiger charge is 2.64. The first kappa shape index (κ1) is 31.7. The number of aromatic nitrogens is 9. The Morgan fingerprint density at radius 2 is 1.91 bits per heavy atom. The van der Waals surface area contributed by atoms with E-state index in [0.717, 1.165) is 24.4 Å². The van der Waals surface area contributed by atoms with Gasteiger partial charge in [-0.05, 0) is 0 Å². The standard InChI is InChI=1S/C19H20F3N11O9P2S2/c20-7-6-2-38-43(35,36)42-11-5(40-17(19(11,21)22)33-13-8(30-31-33)12(23)25-3-26-13)1-39-44(37,45)41-10(7)16(46-6)32-4-27-9-14(32)28-18(24)29-15(9)34/h3-7,10-11,16-17H,1-2H2,(H,35,36)(H,37,45)(H2,23,25,26)(H3,24,28,29,34)/t5-,6-,7-,10-,11-,16-,17-,44?/m1/s1. The topological polar surface area (TPSA) is 273 Å². The van der Waals surface area contributed by atoms with E-state index in [9.17, 15) is 18.8 Å². The lowest BCUT2D eigenvalue weighted by molar-refractivity contribution is -0.141. The molecule has 3 aliphatic rings. The van der Waals surface area contributed by atoms with E-state index < -0.39 is 80.7 Å². The molecule has 0 saturated carbocycles. The van der Waals surface area contributed by atoms with E-state index >= 15 is 13.2 Å². The van der Waals surface area contributed by atoms with Crippen molar-refractivity contribution in [1.82, 2.24) is 44.5 Å². The van der Waals surface area contributed by atoms with Gasteiger partial charge in [0, 0.05) is 0 Å². The van der Waals surface area contributed by atoms with Crippen molar-refractivity contribution in [2.45, 2.75) is 47.3 Å². The number of halogens is 3. The quantitative estimate of drug-likeness (QED) is 0.142. The predicted octanol–water partition coefficient (Wildman–Crippen LogP) is 0.959. The highest BCUT2D eigenvalue weighted by Crippen LogP contribution is 2.61. The van der Waals surface area contributed by atoms with Crippen molar-refractivity contribution in [2.75, 3.05) is 24.7 Å². The number of nitrogens with two attached hydrogens (primary N) is 2. The Labute approximate surface area is 262 Å². The second-order valence-corrected chi connectivity index (χ2v) is 15.7. The first-order chi connectivity index (χ1) is 21.6. The molecule has 3 aliphatic heterocycles. The van der Waals surface area contributed by atoms with Crippen molar-refractivity contribution in [3.8, 4) is 0 Å². The summed E-state index contributed by atoms with van der Waals surface area (Å²) in [5.74, 6) is -4.61. The number of anilines is 2. The third-order valence-corrected chi connectivity index (χ3v) is 11.3. The van der Waals surface area contributed by atoms with Crippen molar-refractivity contribution in [2.24, 2.45) is 0 Å². The van der Waals surface area contributed by atoms with Gasteiger partial charge in [0.25, 0.3) is 5.56 Å². The molecular weight excluding hydrogens is 709 g/mol. The summed E-state index contributed by atoms with van der Waals surface area (Å²) in [7, 11) is -5.39. The molecule has 3 fully saturated rings. The van der Waals surface area contributed by atoms with Crippen LogP contribution < -0.4 is 17.0 Å². The van der Waals surface area contributed by atoms with Crippen LogP contribution in [0.5, 0.6) is 0 Å². The number of nitrogens with one attached hydrogen (secondary N) is 1. The summed E-state index contributed by atoms with van der Waals surface area (Å²) in [5.41, 5.74) is 10.0. The molecule has 20 nitrogen and oxygen atoms in total. The molecule has 7 rings (SSSR count). The molecule has 4 aromatic heterocycles. The first-order valence-electron chi connectivity index (χ1n) is 12.8. The van der Waals surface area contributed by atoms with Gasteiger partial charge >= 0.3 is 20.5 Å². The number of alkyl halides is 3. The lowest BCUT2D eigenvalue weighted by Gasteiger charge is -2.26. The maximum Gasteiger partial charge on any atom is 0.472 e. The first-order valence-corrected chi connectivity index (χ1v) is 18.0. The van der Waals surface area contributed by atoms with E-state index in [1.165, 1.54) is 4.57 Å². The smallest absolute Gasteiger partial charge is 0.382 e. The van der Waals surface area contributed by atoms with Crippen molar-refractivity contribution in [3.05, 3.63) is 23.0 Å². The number of ether oxygens (including phenoxy) is 1. The molecular formula is C19H20F3N11O9P2S2. The fourth-order valence-electron chi connectivity index (χ4n) is 5.13. The molecule has 2 unspecified atom stereocenters. The van der Waals surface area contributed by atoms with Crippen LogP contribution in [0.3, 0.4) is 0 Å². The van der Waals surface area contributed by atoms with Crippen LogP contribution in [0.4, 0.5) is 24.9 Å². The van der Waals surface area contributed by atoms with Gasteiger partial charge in [-0.15, -0.1) is 16.9 Å². The van der Waals surface area contributed by atoms with Crippen LogP contribution in [0.25, 0.3) is 22.3 Å². The number of phosphoric acid groups is 1. The largest absolute Gasteiger partial charge is 0.472 e. The zero-order valence-electron chi connectivity index (χ0n) is 22.4. The molecule has 0 radical (unpaired) electrons. The van der Waals surface area contributed by atoms with Gasteiger partial charge in [0.15, 0.2) is 34.2 Å². The van der Waals surface area contributed by atoms with Crippen molar-refractivity contribution < 1.29 is 50.0 Å². The van der Waals surface area contributed by atoms with Crippen molar-refractivity contribution in [1.29, 1.82) is 0 Å². The Kier molecular flexibility index (Phi) is 7.66. The van der Waals surface area contributed by atoms with E-state index in [2.05, 4.69) is 47.5 Å². The molecule has 2 bridgehead atoms. The van der Waals surface area contributed by atoms with Crippen LogP contribution >= 0.6 is 38.6 Å². The Morgan fingerprint density at radius 1 is 1.13 bits per heavy atom. The molecule has 3 saturated heterocycles. The fourth-order valence-corrected chi connectivity index (χ4v) is 9.20. The number of rotatable bonds is 2. The van der Waals surface area contributed by atoms with Gasteiger partial charge in [-0.2, -0.15) is 18.4 Å². The van der Waals surface area contributed by atoms with Gasteiger partial charge in [0.2, 0.25) is 12.2 Å². The Morgan fingerprint density at radius 3 is 2.70 bits per heavy atom. The van der Waals surface area contributed by atoms with Gasteiger partial charge in [-0.25, -0.2) is 28.5 Å². The van der Waals surface area contributed by atoms with E-state index in [0.29, 0.717) is 4.68 Å². The number of thioether (sulfide) groups is 1. The number of thiol groups is 1. The summed E-state index contributed by atoms with van der Waals surface area (Å²) in [4.78, 5) is 40.6. The summed E-state index contributed by atoms with van der Waals surface area (Å²) >= 11 is 4.67. The number of phosphoric ester groups is 1. The van der Waals surface area contributed by atoms with E-state index in [-0.39, 0.29) is 34.1 Å². The van der Waals surface area contributed by atoms with Crippen LogP contribution in [0, 0.1) is 0 Å². The number of fused-ring (bicyclic) bond motifs is 5. The number of aromatic amines is 1. The van der Waals surface area contributed by atoms with Gasteiger partial charge in [0.05, 0.1) is 24.8 Å². The van der Waals surface area contributed by atoms with E-state index in [1.54, 1.807) is 0 Å². The highest BCUT2D eigenvalue weighted by atomic mass is 32.7.